The second kappa shape index (κ2) is 35.2. The van der Waals surface area contributed by atoms with E-state index in [2.05, 4.69) is 10.6 Å². The molecule has 2 amide bonds. The average Bonchev–Trinajstić information content (AvgIpc) is 3.04. The molecule has 1 unspecified atom stereocenters. The Balaban J connectivity index is 3.50. The van der Waals surface area contributed by atoms with Crippen molar-refractivity contribution in [1.82, 2.24) is 10.6 Å². The van der Waals surface area contributed by atoms with E-state index in [0.717, 1.165) is 38.5 Å². The molecule has 0 bridgehead atoms. The number of unbranched alkanes of at least 4 members (excludes halogenated alkanes) is 13. The van der Waals surface area contributed by atoms with Crippen molar-refractivity contribution in [3.05, 3.63) is 0 Å². The summed E-state index contributed by atoms with van der Waals surface area (Å²) in [5.74, 6) is -0.817. The van der Waals surface area contributed by atoms with Crippen molar-refractivity contribution in [2.45, 2.75) is 135 Å². The first-order chi connectivity index (χ1) is 22.8. The summed E-state index contributed by atoms with van der Waals surface area (Å²) in [6.45, 7) is 5.12. The minimum atomic E-state index is -0.696. The Bertz CT molecular complexity index is 769. The van der Waals surface area contributed by atoms with Crippen molar-refractivity contribution in [3.63, 3.8) is 0 Å². The largest absolute Gasteiger partial charge is 0.481 e. The quantitative estimate of drug-likeness (QED) is 0.0676. The molecule has 47 heavy (non-hydrogen) atoms. The number of carbonyl (C=O) groups excluding carboxylic acids is 3. The van der Waals surface area contributed by atoms with Crippen LogP contribution in [0, 0.1) is 0 Å². The van der Waals surface area contributed by atoms with Crippen LogP contribution >= 0.6 is 0 Å². The SMILES string of the molecule is CC(=O)CCOCCOCCOCCOCCNC(=O)CCC(CO)NC(=O)CCCCCCCCCCCCCCCCC(=O)O. The Kier molecular flexibility index (Phi) is 33.6. The number of Topliss-reactive ketones (excluding diaryl/α,β-unsaturated/α-hetero) is 1. The van der Waals surface area contributed by atoms with E-state index in [0.29, 0.717) is 85.1 Å². The van der Waals surface area contributed by atoms with E-state index in [1.807, 2.05) is 0 Å². The summed E-state index contributed by atoms with van der Waals surface area (Å²) in [6, 6.07) is -0.429. The normalized spacial score (nSPS) is 11.8. The molecule has 0 aliphatic carbocycles. The lowest BCUT2D eigenvalue weighted by Crippen LogP contribution is -2.38. The van der Waals surface area contributed by atoms with Crippen LogP contribution in [0.3, 0.4) is 0 Å². The van der Waals surface area contributed by atoms with Crippen LogP contribution in [0.2, 0.25) is 0 Å². The fraction of sp³-hybridized carbons (Fsp3) is 0.886. The van der Waals surface area contributed by atoms with Crippen molar-refractivity contribution in [3.8, 4) is 0 Å². The summed E-state index contributed by atoms with van der Waals surface area (Å²) in [7, 11) is 0. The highest BCUT2D eigenvalue weighted by molar-refractivity contribution is 5.77. The van der Waals surface area contributed by atoms with Crippen LogP contribution in [0.15, 0.2) is 0 Å². The number of hydrogen-bond donors (Lipinski definition) is 4. The lowest BCUT2D eigenvalue weighted by atomic mass is 10.0. The summed E-state index contributed by atoms with van der Waals surface area (Å²) < 4.78 is 21.5. The number of amides is 2. The third-order valence-corrected chi connectivity index (χ3v) is 7.63. The number of aliphatic carboxylic acids is 1. The maximum Gasteiger partial charge on any atom is 0.303 e. The maximum atomic E-state index is 12.3. The van der Waals surface area contributed by atoms with Gasteiger partial charge in [0.05, 0.1) is 65.5 Å². The van der Waals surface area contributed by atoms with Crippen molar-refractivity contribution in [1.29, 1.82) is 0 Å². The summed E-state index contributed by atoms with van der Waals surface area (Å²) in [5.41, 5.74) is 0. The number of carboxylic acid groups (broad SMARTS) is 1. The van der Waals surface area contributed by atoms with E-state index >= 15 is 0 Å². The van der Waals surface area contributed by atoms with Crippen LogP contribution in [0.4, 0.5) is 0 Å². The lowest BCUT2D eigenvalue weighted by molar-refractivity contribution is -0.137. The van der Waals surface area contributed by atoms with Gasteiger partial charge in [0.1, 0.15) is 5.78 Å². The van der Waals surface area contributed by atoms with Crippen LogP contribution in [-0.4, -0.2) is 106 Å². The van der Waals surface area contributed by atoms with Gasteiger partial charge in [-0.25, -0.2) is 0 Å². The molecule has 0 saturated carbocycles. The number of rotatable bonds is 37. The molecule has 0 aliphatic heterocycles. The fourth-order valence-electron chi connectivity index (χ4n) is 4.83. The van der Waals surface area contributed by atoms with Gasteiger partial charge in [-0.05, 0) is 26.2 Å². The molecule has 4 N–H and O–H groups in total. The molecule has 12 heteroatoms. The van der Waals surface area contributed by atoms with Gasteiger partial charge >= 0.3 is 5.97 Å². The molecule has 0 heterocycles. The molecule has 0 spiro atoms. The van der Waals surface area contributed by atoms with Crippen LogP contribution in [0.5, 0.6) is 0 Å². The zero-order valence-electron chi connectivity index (χ0n) is 29.2. The molecular formula is C35H66N2O10. The Morgan fingerprint density at radius 2 is 0.957 bits per heavy atom. The average molecular weight is 675 g/mol. The number of aliphatic hydroxyl groups is 1. The lowest BCUT2D eigenvalue weighted by Gasteiger charge is -2.16. The molecule has 0 rings (SSSR count). The van der Waals surface area contributed by atoms with Gasteiger partial charge in [-0.15, -0.1) is 0 Å². The third kappa shape index (κ3) is 36.6. The van der Waals surface area contributed by atoms with Crippen molar-refractivity contribution >= 4 is 23.6 Å². The van der Waals surface area contributed by atoms with Gasteiger partial charge in [-0.1, -0.05) is 77.0 Å². The van der Waals surface area contributed by atoms with Crippen molar-refractivity contribution in [2.24, 2.45) is 0 Å². The Labute approximate surface area is 283 Å². The van der Waals surface area contributed by atoms with E-state index in [4.69, 9.17) is 24.1 Å². The van der Waals surface area contributed by atoms with E-state index in [1.165, 1.54) is 58.3 Å². The highest BCUT2D eigenvalue weighted by Crippen LogP contribution is 2.14. The van der Waals surface area contributed by atoms with E-state index in [9.17, 15) is 24.3 Å². The fourth-order valence-corrected chi connectivity index (χ4v) is 4.83. The first-order valence-electron chi connectivity index (χ1n) is 18.0. The number of aliphatic hydroxyl groups excluding tert-OH is 1. The second-order valence-electron chi connectivity index (χ2n) is 12.1. The Morgan fingerprint density at radius 1 is 0.532 bits per heavy atom. The van der Waals surface area contributed by atoms with Gasteiger partial charge in [0, 0.05) is 32.2 Å². The summed E-state index contributed by atoms with van der Waals surface area (Å²) in [6.07, 6.45) is 17.6. The van der Waals surface area contributed by atoms with E-state index in [1.54, 1.807) is 0 Å². The number of carboxylic acids is 1. The highest BCUT2D eigenvalue weighted by atomic mass is 16.6. The third-order valence-electron chi connectivity index (χ3n) is 7.63. The number of ether oxygens (including phenoxy) is 4. The topological polar surface area (TPSA) is 170 Å². The minimum absolute atomic E-state index is 0.0799. The molecule has 276 valence electrons. The van der Waals surface area contributed by atoms with Crippen LogP contribution < -0.4 is 10.6 Å². The summed E-state index contributed by atoms with van der Waals surface area (Å²) >= 11 is 0. The molecule has 0 aromatic rings. The predicted octanol–water partition coefficient (Wildman–Crippen LogP) is 4.73. The van der Waals surface area contributed by atoms with Crippen LogP contribution in [-0.2, 0) is 38.1 Å². The smallest absolute Gasteiger partial charge is 0.303 e. The number of ketones is 1. The zero-order chi connectivity index (χ0) is 34.6. The van der Waals surface area contributed by atoms with Gasteiger partial charge in [0.15, 0.2) is 0 Å². The predicted molar refractivity (Wildman–Crippen MR) is 181 cm³/mol. The molecule has 0 saturated heterocycles. The summed E-state index contributed by atoms with van der Waals surface area (Å²) in [4.78, 5) is 45.6. The highest BCUT2D eigenvalue weighted by Gasteiger charge is 2.13. The molecule has 0 fully saturated rings. The number of nitrogens with one attached hydrogen (secondary N) is 2. The van der Waals surface area contributed by atoms with E-state index < -0.39 is 12.0 Å². The van der Waals surface area contributed by atoms with Crippen molar-refractivity contribution < 1.29 is 48.3 Å². The second-order valence-corrected chi connectivity index (χ2v) is 12.1. The molecule has 0 aromatic carbocycles. The van der Waals surface area contributed by atoms with Crippen molar-refractivity contribution in [2.75, 3.05) is 66.0 Å². The number of hydrogen-bond acceptors (Lipinski definition) is 9. The molecular weight excluding hydrogens is 608 g/mol. The van der Waals surface area contributed by atoms with Gasteiger partial charge in [0.2, 0.25) is 11.8 Å². The minimum Gasteiger partial charge on any atom is -0.481 e. The molecule has 12 nitrogen and oxygen atoms in total. The molecule has 0 aliphatic rings. The Morgan fingerprint density at radius 3 is 1.40 bits per heavy atom. The first-order valence-corrected chi connectivity index (χ1v) is 18.0. The number of carbonyl (C=O) groups is 4. The maximum absolute atomic E-state index is 12.3. The summed E-state index contributed by atoms with van der Waals surface area (Å²) in [5, 5.41) is 23.9. The monoisotopic (exact) mass is 674 g/mol. The van der Waals surface area contributed by atoms with Gasteiger partial charge < -0.3 is 39.8 Å². The van der Waals surface area contributed by atoms with Gasteiger partial charge in [-0.3, -0.25) is 19.2 Å². The first kappa shape index (κ1) is 44.9. The van der Waals surface area contributed by atoms with Crippen LogP contribution in [0.1, 0.15) is 129 Å². The molecule has 0 radical (unpaired) electrons. The Hall–Kier alpha value is -2.12. The standard InChI is InChI=1S/C35H66N2O10/c1-31(39)20-22-44-24-26-46-28-29-47-27-25-45-23-21-36-33(40)19-18-32(30-38)37-34(41)16-14-12-10-8-6-4-2-3-5-7-9-11-13-15-17-35(42)43/h32,38H,2-30H2,1H3,(H,36,40)(H,37,41)(H,42,43). The van der Waals surface area contributed by atoms with Crippen LogP contribution in [0.25, 0.3) is 0 Å². The van der Waals surface area contributed by atoms with Gasteiger partial charge in [0.25, 0.3) is 0 Å². The van der Waals surface area contributed by atoms with Gasteiger partial charge in [-0.2, -0.15) is 0 Å². The van der Waals surface area contributed by atoms with E-state index in [-0.39, 0.29) is 30.6 Å². The molecule has 1 atom stereocenters. The molecule has 0 aromatic heterocycles. The zero-order valence-corrected chi connectivity index (χ0v) is 29.2.